The largest absolute Gasteiger partial charge is 0.416 e. The fourth-order valence-electron chi connectivity index (χ4n) is 1.72. The molecule has 2 rings (SSSR count). The van der Waals surface area contributed by atoms with Crippen LogP contribution in [0.25, 0.3) is 0 Å². The minimum absolute atomic E-state index is 0.0113. The van der Waals surface area contributed by atoms with Crippen LogP contribution in [0.15, 0.2) is 18.3 Å². The molecule has 0 bridgehead atoms. The summed E-state index contributed by atoms with van der Waals surface area (Å²) < 4.78 is 42.3. The highest BCUT2D eigenvalue weighted by atomic mass is 19.4. The molecule has 0 aromatic carbocycles. The third-order valence-electron chi connectivity index (χ3n) is 2.63. The number of halogens is 3. The second-order valence-electron chi connectivity index (χ2n) is 3.86. The summed E-state index contributed by atoms with van der Waals surface area (Å²) in [4.78, 5) is 5.45. The Hall–Kier alpha value is -1.81. The lowest BCUT2D eigenvalue weighted by atomic mass is 10.2. The van der Waals surface area contributed by atoms with Gasteiger partial charge in [-0.05, 0) is 12.1 Å². The average molecular weight is 257 g/mol. The van der Waals surface area contributed by atoms with E-state index in [1.165, 1.54) is 23.2 Å². The summed E-state index contributed by atoms with van der Waals surface area (Å²) in [6.07, 6.45) is -4.78. The Morgan fingerprint density at radius 3 is 2.94 bits per heavy atom. The minimum atomic E-state index is -4.38. The number of alkyl halides is 3. The molecule has 1 aromatic rings. The zero-order valence-electron chi connectivity index (χ0n) is 9.31. The van der Waals surface area contributed by atoms with Gasteiger partial charge in [-0.1, -0.05) is 0 Å². The van der Waals surface area contributed by atoms with Crippen LogP contribution in [0, 0.1) is 11.3 Å². The molecule has 0 spiro atoms. The first-order valence-corrected chi connectivity index (χ1v) is 5.30. The highest BCUT2D eigenvalue weighted by Crippen LogP contribution is 2.27. The van der Waals surface area contributed by atoms with Crippen LogP contribution in [-0.4, -0.2) is 37.0 Å². The zero-order chi connectivity index (χ0) is 13.2. The average Bonchev–Trinajstić information content (AvgIpc) is 2.38. The molecule has 0 aliphatic carbocycles. The molecule has 0 radical (unpaired) electrons. The molecule has 1 aromatic heterocycles. The summed E-state index contributed by atoms with van der Waals surface area (Å²) >= 11 is 0. The SMILES string of the molecule is N#Cc1ccnc(N2CCO[C@@H](C(F)(F)F)C2)c1. The molecule has 1 aliphatic heterocycles. The van der Waals surface area contributed by atoms with Gasteiger partial charge in [0.15, 0.2) is 6.10 Å². The Balaban J connectivity index is 2.16. The van der Waals surface area contributed by atoms with Crippen LogP contribution < -0.4 is 4.90 Å². The zero-order valence-corrected chi connectivity index (χ0v) is 9.31. The number of anilines is 1. The van der Waals surface area contributed by atoms with E-state index >= 15 is 0 Å². The Labute approximate surface area is 102 Å². The van der Waals surface area contributed by atoms with Crippen LogP contribution >= 0.6 is 0 Å². The van der Waals surface area contributed by atoms with Gasteiger partial charge in [0.25, 0.3) is 0 Å². The first kappa shape index (κ1) is 12.6. The molecule has 0 N–H and O–H groups in total. The van der Waals surface area contributed by atoms with Gasteiger partial charge in [0.2, 0.25) is 0 Å². The Kier molecular flexibility index (Phi) is 3.39. The van der Waals surface area contributed by atoms with Gasteiger partial charge in [-0.25, -0.2) is 4.98 Å². The Morgan fingerprint density at radius 2 is 2.28 bits per heavy atom. The van der Waals surface area contributed by atoms with Crippen molar-refractivity contribution >= 4 is 5.82 Å². The summed E-state index contributed by atoms with van der Waals surface area (Å²) in [6.45, 7) is 0.0164. The summed E-state index contributed by atoms with van der Waals surface area (Å²) in [7, 11) is 0. The number of hydrogen-bond acceptors (Lipinski definition) is 4. The van der Waals surface area contributed by atoms with Crippen molar-refractivity contribution in [2.45, 2.75) is 12.3 Å². The van der Waals surface area contributed by atoms with Gasteiger partial charge in [-0.15, -0.1) is 0 Å². The second-order valence-corrected chi connectivity index (χ2v) is 3.86. The number of aromatic nitrogens is 1. The van der Waals surface area contributed by atoms with Crippen molar-refractivity contribution in [3.8, 4) is 6.07 Å². The van der Waals surface area contributed by atoms with Crippen molar-refractivity contribution in [2.24, 2.45) is 0 Å². The van der Waals surface area contributed by atoms with Crippen molar-refractivity contribution in [1.29, 1.82) is 5.26 Å². The molecule has 96 valence electrons. The van der Waals surface area contributed by atoms with E-state index in [1.807, 2.05) is 6.07 Å². The van der Waals surface area contributed by atoms with E-state index in [-0.39, 0.29) is 13.2 Å². The highest BCUT2D eigenvalue weighted by molar-refractivity contribution is 5.45. The lowest BCUT2D eigenvalue weighted by molar-refractivity contribution is -0.221. The van der Waals surface area contributed by atoms with Crippen molar-refractivity contribution < 1.29 is 17.9 Å². The molecule has 4 nitrogen and oxygen atoms in total. The molecule has 2 heterocycles. The summed E-state index contributed by atoms with van der Waals surface area (Å²) in [5.41, 5.74) is 0.370. The van der Waals surface area contributed by atoms with Gasteiger partial charge in [-0.2, -0.15) is 18.4 Å². The van der Waals surface area contributed by atoms with Gasteiger partial charge in [0.1, 0.15) is 5.82 Å². The van der Waals surface area contributed by atoms with Crippen molar-refractivity contribution in [3.63, 3.8) is 0 Å². The molecule has 7 heteroatoms. The van der Waals surface area contributed by atoms with Crippen LogP contribution in [0.4, 0.5) is 19.0 Å². The van der Waals surface area contributed by atoms with Gasteiger partial charge < -0.3 is 9.64 Å². The predicted molar refractivity (Wildman–Crippen MR) is 57.0 cm³/mol. The molecule has 1 saturated heterocycles. The summed E-state index contributed by atoms with van der Waals surface area (Å²) in [5, 5.41) is 8.74. The molecule has 1 fully saturated rings. The number of nitrogens with zero attached hydrogens (tertiary/aromatic N) is 3. The van der Waals surface area contributed by atoms with E-state index in [9.17, 15) is 13.2 Å². The minimum Gasteiger partial charge on any atom is -0.365 e. The van der Waals surface area contributed by atoms with Crippen molar-refractivity contribution in [2.75, 3.05) is 24.6 Å². The maximum atomic E-state index is 12.6. The maximum absolute atomic E-state index is 12.6. The molecule has 0 unspecified atom stereocenters. The normalized spacial score (nSPS) is 20.6. The highest BCUT2D eigenvalue weighted by Gasteiger charge is 2.43. The van der Waals surface area contributed by atoms with Crippen LogP contribution in [0.3, 0.4) is 0 Å². The van der Waals surface area contributed by atoms with Crippen LogP contribution in [0.2, 0.25) is 0 Å². The topological polar surface area (TPSA) is 49.2 Å². The van der Waals surface area contributed by atoms with E-state index in [0.29, 0.717) is 17.9 Å². The molecular formula is C11H10F3N3O. The molecular weight excluding hydrogens is 247 g/mol. The van der Waals surface area contributed by atoms with Gasteiger partial charge in [0, 0.05) is 12.7 Å². The molecule has 0 amide bonds. The predicted octanol–water partition coefficient (Wildman–Crippen LogP) is 1.72. The third-order valence-corrected chi connectivity index (χ3v) is 2.63. The summed E-state index contributed by atoms with van der Waals surface area (Å²) in [5.74, 6) is 0.367. The molecule has 1 aliphatic rings. The first-order valence-electron chi connectivity index (χ1n) is 5.30. The van der Waals surface area contributed by atoms with E-state index < -0.39 is 12.3 Å². The fraction of sp³-hybridized carbons (Fsp3) is 0.455. The van der Waals surface area contributed by atoms with E-state index in [0.717, 1.165) is 0 Å². The van der Waals surface area contributed by atoms with Crippen LogP contribution in [0.5, 0.6) is 0 Å². The smallest absolute Gasteiger partial charge is 0.365 e. The van der Waals surface area contributed by atoms with E-state index in [1.54, 1.807) is 0 Å². The Morgan fingerprint density at radius 1 is 1.50 bits per heavy atom. The van der Waals surface area contributed by atoms with E-state index in [4.69, 9.17) is 10.00 Å². The van der Waals surface area contributed by atoms with Gasteiger partial charge >= 0.3 is 6.18 Å². The third kappa shape index (κ3) is 2.71. The fourth-order valence-corrected chi connectivity index (χ4v) is 1.72. The number of nitriles is 1. The van der Waals surface area contributed by atoms with Crippen LogP contribution in [0.1, 0.15) is 5.56 Å². The van der Waals surface area contributed by atoms with Crippen LogP contribution in [-0.2, 0) is 4.74 Å². The number of rotatable bonds is 1. The first-order chi connectivity index (χ1) is 8.50. The Bertz CT molecular complexity index is 469. The molecule has 0 saturated carbocycles. The monoisotopic (exact) mass is 257 g/mol. The standard InChI is InChI=1S/C11H10F3N3O/c12-11(13,14)9-7-17(3-4-18-9)10-5-8(6-15)1-2-16-10/h1-2,5,9H,3-4,7H2/t9-/m1/s1. The van der Waals surface area contributed by atoms with E-state index in [2.05, 4.69) is 4.98 Å². The second kappa shape index (κ2) is 4.82. The summed E-state index contributed by atoms with van der Waals surface area (Å²) in [6, 6.07) is 4.90. The number of pyridine rings is 1. The number of ether oxygens (including phenoxy) is 1. The lowest BCUT2D eigenvalue weighted by Crippen LogP contribution is -2.49. The van der Waals surface area contributed by atoms with Gasteiger partial charge in [-0.3, -0.25) is 0 Å². The van der Waals surface area contributed by atoms with Crippen molar-refractivity contribution in [3.05, 3.63) is 23.9 Å². The van der Waals surface area contributed by atoms with Crippen molar-refractivity contribution in [1.82, 2.24) is 4.98 Å². The maximum Gasteiger partial charge on any atom is 0.416 e. The molecule has 1 atom stereocenters. The van der Waals surface area contributed by atoms with Gasteiger partial charge in [0.05, 0.1) is 24.8 Å². The molecule has 18 heavy (non-hydrogen) atoms. The number of morpholine rings is 1. The number of hydrogen-bond donors (Lipinski definition) is 0. The lowest BCUT2D eigenvalue weighted by Gasteiger charge is -2.34. The quantitative estimate of drug-likeness (QED) is 0.768.